The predicted octanol–water partition coefficient (Wildman–Crippen LogP) is 4.13. The Balaban J connectivity index is 2.34. The molecule has 0 saturated carbocycles. The van der Waals surface area contributed by atoms with Gasteiger partial charge in [0.05, 0.1) is 9.75 Å². The topological polar surface area (TPSA) is 87.7 Å². The van der Waals surface area contributed by atoms with Crippen molar-refractivity contribution in [2.45, 2.75) is 0 Å². The molecular weight excluding hydrogens is 312 g/mol. The number of hydrogen-bond donors (Lipinski definition) is 2. The second-order valence-corrected chi connectivity index (χ2v) is 5.97. The smallest absolute Gasteiger partial charge is 0.340 e. The Labute approximate surface area is 126 Å². The Hall–Kier alpha value is -2.38. The quantitative estimate of drug-likeness (QED) is 0.754. The van der Waals surface area contributed by atoms with Crippen LogP contribution in [-0.4, -0.2) is 22.2 Å². The van der Waals surface area contributed by atoms with Gasteiger partial charge in [-0.05, 0) is 22.9 Å². The van der Waals surface area contributed by atoms with Gasteiger partial charge < -0.3 is 14.6 Å². The van der Waals surface area contributed by atoms with Gasteiger partial charge in [-0.3, -0.25) is 0 Å². The standard InChI is InChI=1S/C14H8O5S2/c15-13(16)9-10(14(17)18)12(8-4-2-6-21-8)19-11(9)7-3-1-5-20-7/h1-6H,(H,15,16)(H,17,18). The minimum absolute atomic E-state index is 0.0818. The highest BCUT2D eigenvalue weighted by Gasteiger charge is 2.31. The summed E-state index contributed by atoms with van der Waals surface area (Å²) in [4.78, 5) is 24.2. The van der Waals surface area contributed by atoms with E-state index < -0.39 is 11.9 Å². The number of carboxylic acids is 2. The van der Waals surface area contributed by atoms with Crippen molar-refractivity contribution >= 4 is 34.6 Å². The molecule has 0 aromatic carbocycles. The van der Waals surface area contributed by atoms with Crippen LogP contribution in [0.4, 0.5) is 0 Å². The van der Waals surface area contributed by atoms with Gasteiger partial charge in [-0.15, -0.1) is 22.7 Å². The molecule has 106 valence electrons. The van der Waals surface area contributed by atoms with Crippen LogP contribution in [-0.2, 0) is 0 Å². The Kier molecular flexibility index (Phi) is 3.36. The summed E-state index contributed by atoms with van der Waals surface area (Å²) in [6.07, 6.45) is 0. The molecule has 5 nitrogen and oxygen atoms in total. The molecule has 7 heteroatoms. The van der Waals surface area contributed by atoms with Gasteiger partial charge in [0.1, 0.15) is 11.1 Å². The molecule has 21 heavy (non-hydrogen) atoms. The Bertz CT molecular complexity index is 730. The summed E-state index contributed by atoms with van der Waals surface area (Å²) in [6.45, 7) is 0. The van der Waals surface area contributed by atoms with Gasteiger partial charge in [-0.1, -0.05) is 12.1 Å². The van der Waals surface area contributed by atoms with E-state index in [2.05, 4.69) is 0 Å². The van der Waals surface area contributed by atoms with Crippen molar-refractivity contribution in [3.8, 4) is 21.3 Å². The summed E-state index contributed by atoms with van der Waals surface area (Å²) in [5, 5.41) is 22.3. The molecule has 3 aromatic heterocycles. The predicted molar refractivity (Wildman–Crippen MR) is 79.3 cm³/mol. The van der Waals surface area contributed by atoms with Gasteiger partial charge in [0, 0.05) is 0 Å². The van der Waals surface area contributed by atoms with E-state index in [4.69, 9.17) is 4.42 Å². The van der Waals surface area contributed by atoms with Crippen LogP contribution in [0, 0.1) is 0 Å². The van der Waals surface area contributed by atoms with E-state index >= 15 is 0 Å². The average molecular weight is 320 g/mol. The third-order valence-corrected chi connectivity index (χ3v) is 4.56. The highest BCUT2D eigenvalue weighted by atomic mass is 32.1. The molecule has 3 heterocycles. The first kappa shape index (κ1) is 13.6. The summed E-state index contributed by atoms with van der Waals surface area (Å²) in [7, 11) is 0. The van der Waals surface area contributed by atoms with E-state index in [-0.39, 0.29) is 22.6 Å². The van der Waals surface area contributed by atoms with Gasteiger partial charge in [-0.25, -0.2) is 9.59 Å². The molecule has 0 unspecified atom stereocenters. The summed E-state index contributed by atoms with van der Waals surface area (Å²) >= 11 is 2.58. The Morgan fingerprint density at radius 1 is 0.857 bits per heavy atom. The fourth-order valence-electron chi connectivity index (χ4n) is 2.00. The number of rotatable bonds is 4. The van der Waals surface area contributed by atoms with Gasteiger partial charge in [0.25, 0.3) is 0 Å². The molecule has 0 bridgehead atoms. The molecule has 0 aliphatic heterocycles. The van der Waals surface area contributed by atoms with E-state index in [0.717, 1.165) is 0 Å². The van der Waals surface area contributed by atoms with Gasteiger partial charge >= 0.3 is 11.9 Å². The van der Waals surface area contributed by atoms with Crippen molar-refractivity contribution in [2.75, 3.05) is 0 Å². The second-order valence-electron chi connectivity index (χ2n) is 4.08. The molecule has 0 atom stereocenters. The molecular formula is C14H8O5S2. The molecule has 0 spiro atoms. The molecule has 0 fully saturated rings. The first-order chi connectivity index (χ1) is 10.1. The van der Waals surface area contributed by atoms with Crippen LogP contribution in [0.3, 0.4) is 0 Å². The summed E-state index contributed by atoms with van der Waals surface area (Å²) in [5.74, 6) is -2.47. The molecule has 0 saturated heterocycles. The van der Waals surface area contributed by atoms with Crippen LogP contribution in [0.2, 0.25) is 0 Å². The van der Waals surface area contributed by atoms with Crippen LogP contribution >= 0.6 is 22.7 Å². The molecule has 3 aromatic rings. The van der Waals surface area contributed by atoms with E-state index in [9.17, 15) is 19.8 Å². The van der Waals surface area contributed by atoms with Crippen LogP contribution in [0.1, 0.15) is 20.7 Å². The van der Waals surface area contributed by atoms with Crippen LogP contribution in [0.25, 0.3) is 21.3 Å². The zero-order valence-corrected chi connectivity index (χ0v) is 12.0. The minimum atomic E-state index is -1.32. The lowest BCUT2D eigenvalue weighted by atomic mass is 10.1. The number of aromatic carboxylic acids is 2. The number of carboxylic acid groups (broad SMARTS) is 2. The van der Waals surface area contributed by atoms with Gasteiger partial charge in [0.2, 0.25) is 0 Å². The van der Waals surface area contributed by atoms with E-state index in [1.165, 1.54) is 22.7 Å². The molecule has 2 N–H and O–H groups in total. The molecule has 0 aliphatic rings. The lowest BCUT2D eigenvalue weighted by Crippen LogP contribution is -2.06. The fraction of sp³-hybridized carbons (Fsp3) is 0. The maximum atomic E-state index is 11.5. The average Bonchev–Trinajstić information content (AvgIpc) is 3.17. The monoisotopic (exact) mass is 320 g/mol. The molecule has 0 amide bonds. The maximum Gasteiger partial charge on any atom is 0.340 e. The number of hydrogen-bond acceptors (Lipinski definition) is 5. The van der Waals surface area contributed by atoms with Crippen molar-refractivity contribution in [1.82, 2.24) is 0 Å². The van der Waals surface area contributed by atoms with E-state index in [0.29, 0.717) is 9.75 Å². The first-order valence-corrected chi connectivity index (χ1v) is 7.56. The summed E-state index contributed by atoms with van der Waals surface area (Å²) in [6, 6.07) is 6.89. The van der Waals surface area contributed by atoms with Crippen molar-refractivity contribution in [1.29, 1.82) is 0 Å². The molecule has 3 rings (SSSR count). The lowest BCUT2D eigenvalue weighted by Gasteiger charge is -1.96. The maximum absolute atomic E-state index is 11.5. The van der Waals surface area contributed by atoms with Gasteiger partial charge in [-0.2, -0.15) is 0 Å². The summed E-state index contributed by atoms with van der Waals surface area (Å²) < 4.78 is 5.62. The number of carbonyl (C=O) groups is 2. The van der Waals surface area contributed by atoms with Crippen LogP contribution in [0.15, 0.2) is 39.4 Å². The zero-order chi connectivity index (χ0) is 15.0. The molecule has 0 aliphatic carbocycles. The van der Waals surface area contributed by atoms with Crippen molar-refractivity contribution < 1.29 is 24.2 Å². The molecule has 0 radical (unpaired) electrons. The van der Waals surface area contributed by atoms with Gasteiger partial charge in [0.15, 0.2) is 11.5 Å². The SMILES string of the molecule is O=C(O)c1c(-c2cccs2)oc(-c2cccs2)c1C(=O)O. The Morgan fingerprint density at radius 3 is 1.57 bits per heavy atom. The van der Waals surface area contributed by atoms with Crippen molar-refractivity contribution in [2.24, 2.45) is 0 Å². The normalized spacial score (nSPS) is 10.7. The van der Waals surface area contributed by atoms with Crippen LogP contribution in [0.5, 0.6) is 0 Å². The van der Waals surface area contributed by atoms with Crippen LogP contribution < -0.4 is 0 Å². The Morgan fingerprint density at radius 2 is 1.29 bits per heavy atom. The summed E-state index contributed by atoms with van der Waals surface area (Å²) in [5.41, 5.74) is -0.623. The lowest BCUT2D eigenvalue weighted by molar-refractivity contribution is 0.0654. The minimum Gasteiger partial charge on any atom is -0.478 e. The highest BCUT2D eigenvalue weighted by molar-refractivity contribution is 7.14. The second kappa shape index (κ2) is 5.19. The van der Waals surface area contributed by atoms with E-state index in [1.54, 1.807) is 35.0 Å². The third-order valence-electron chi connectivity index (χ3n) is 2.83. The first-order valence-electron chi connectivity index (χ1n) is 5.80. The largest absolute Gasteiger partial charge is 0.478 e. The third kappa shape index (κ3) is 2.26. The number of furan rings is 1. The van der Waals surface area contributed by atoms with Crippen molar-refractivity contribution in [3.05, 3.63) is 46.2 Å². The van der Waals surface area contributed by atoms with E-state index in [1.807, 2.05) is 0 Å². The fourth-order valence-corrected chi connectivity index (χ4v) is 3.43. The highest BCUT2D eigenvalue weighted by Crippen LogP contribution is 2.40. The number of thiophene rings is 2. The van der Waals surface area contributed by atoms with Crippen molar-refractivity contribution in [3.63, 3.8) is 0 Å². The zero-order valence-electron chi connectivity index (χ0n) is 10.4.